The zero-order valence-corrected chi connectivity index (χ0v) is 21.2. The molecule has 2 N–H and O–H groups in total. The van der Waals surface area contributed by atoms with Crippen LogP contribution in [0.5, 0.6) is 0 Å². The number of esters is 1. The maximum atomic E-state index is 12.9. The van der Waals surface area contributed by atoms with Crippen molar-refractivity contribution in [2.75, 3.05) is 6.61 Å². The van der Waals surface area contributed by atoms with Crippen LogP contribution in [0.2, 0.25) is 0 Å². The Labute approximate surface area is 208 Å². The fourth-order valence-electron chi connectivity index (χ4n) is 8.83. The average molecular weight is 529 g/mol. The number of fused-ring (bicyclic) bond motifs is 4. The molecule has 4 bridgehead atoms. The summed E-state index contributed by atoms with van der Waals surface area (Å²) in [4.78, 5) is 12.9. The lowest BCUT2D eigenvalue weighted by Gasteiger charge is -2.46. The summed E-state index contributed by atoms with van der Waals surface area (Å²) in [6, 6.07) is 0. The van der Waals surface area contributed by atoms with E-state index in [-0.39, 0.29) is 11.8 Å². The maximum absolute atomic E-state index is 12.9. The van der Waals surface area contributed by atoms with Gasteiger partial charge < -0.3 is 14.9 Å². The molecule has 0 aliphatic heterocycles. The molecule has 0 amide bonds. The minimum atomic E-state index is -5.87. The number of carbonyl (C=O) groups is 1. The largest absolute Gasteiger partial charge is 0.465 e. The van der Waals surface area contributed by atoms with Gasteiger partial charge in [0.2, 0.25) is 0 Å². The number of alkyl halides is 6. The van der Waals surface area contributed by atoms with E-state index >= 15 is 0 Å². The van der Waals surface area contributed by atoms with E-state index in [9.17, 15) is 41.4 Å². The summed E-state index contributed by atoms with van der Waals surface area (Å²) in [5.41, 5.74) is -5.55. The fraction of sp³-hybridized carbons (Fsp3) is 0.962. The second kappa shape index (κ2) is 9.02. The molecule has 4 nitrogen and oxygen atoms in total. The molecule has 4 rings (SSSR count). The third kappa shape index (κ3) is 4.46. The second-order valence-corrected chi connectivity index (χ2v) is 12.7. The van der Waals surface area contributed by atoms with Crippen LogP contribution < -0.4 is 0 Å². The molecule has 4 fully saturated rings. The number of ether oxygens (including phenoxy) is 1. The van der Waals surface area contributed by atoms with Crippen molar-refractivity contribution in [3.8, 4) is 0 Å². The normalized spacial score (nSPS) is 40.8. The number of carbonyl (C=O) groups excluding carboxylic acids is 1. The molecule has 0 spiro atoms. The first kappa shape index (κ1) is 28.0. The Morgan fingerprint density at radius 1 is 0.833 bits per heavy atom. The Morgan fingerprint density at radius 2 is 1.42 bits per heavy atom. The molecule has 10 heteroatoms. The van der Waals surface area contributed by atoms with Crippen molar-refractivity contribution >= 4 is 5.97 Å². The summed E-state index contributed by atoms with van der Waals surface area (Å²) in [5.74, 6) is 2.36. The monoisotopic (exact) mass is 528 g/mol. The molecule has 0 radical (unpaired) electrons. The fourth-order valence-corrected chi connectivity index (χ4v) is 8.83. The maximum Gasteiger partial charge on any atom is 0.426 e. The number of rotatable bonds is 7. The molecule has 0 heterocycles. The van der Waals surface area contributed by atoms with Gasteiger partial charge in [-0.05, 0) is 106 Å². The first-order valence-corrected chi connectivity index (χ1v) is 13.1. The molecule has 0 saturated heterocycles. The van der Waals surface area contributed by atoms with Crippen molar-refractivity contribution in [1.29, 1.82) is 0 Å². The topological polar surface area (TPSA) is 66.8 Å². The summed E-state index contributed by atoms with van der Waals surface area (Å²) in [6.07, 6.45) is -10.5. The van der Waals surface area contributed by atoms with Crippen molar-refractivity contribution in [2.24, 2.45) is 59.2 Å². The van der Waals surface area contributed by atoms with Crippen molar-refractivity contribution in [1.82, 2.24) is 0 Å². The van der Waals surface area contributed by atoms with Gasteiger partial charge in [0.15, 0.2) is 0 Å². The minimum Gasteiger partial charge on any atom is -0.465 e. The Balaban J connectivity index is 1.36. The molecule has 0 aromatic heterocycles. The summed E-state index contributed by atoms with van der Waals surface area (Å²) in [5, 5.41) is 19.9. The van der Waals surface area contributed by atoms with Crippen molar-refractivity contribution < 1.29 is 46.1 Å². The predicted molar refractivity (Wildman–Crippen MR) is 118 cm³/mol. The van der Waals surface area contributed by atoms with E-state index in [1.807, 2.05) is 13.8 Å². The first-order chi connectivity index (χ1) is 16.4. The summed E-state index contributed by atoms with van der Waals surface area (Å²) in [6.45, 7) is 7.63. The molecule has 10 atom stereocenters. The highest BCUT2D eigenvalue weighted by molar-refractivity contribution is 5.73. The molecule has 36 heavy (non-hydrogen) atoms. The molecule has 4 saturated carbocycles. The van der Waals surface area contributed by atoms with E-state index in [2.05, 4.69) is 13.8 Å². The van der Waals surface area contributed by atoms with Gasteiger partial charge in [-0.15, -0.1) is 0 Å². The highest BCUT2D eigenvalue weighted by Crippen LogP contribution is 2.67. The van der Waals surface area contributed by atoms with Crippen LogP contribution in [0.3, 0.4) is 0 Å². The second-order valence-electron chi connectivity index (χ2n) is 12.7. The van der Waals surface area contributed by atoms with Crippen LogP contribution in [0, 0.1) is 59.2 Å². The lowest BCUT2D eigenvalue weighted by atomic mass is 9.59. The zero-order valence-electron chi connectivity index (χ0n) is 21.2. The Hall–Kier alpha value is -1.03. The molecular formula is C26H38F6O4. The van der Waals surface area contributed by atoms with Crippen LogP contribution in [-0.2, 0) is 9.53 Å². The quantitative estimate of drug-likeness (QED) is 0.251. The van der Waals surface area contributed by atoms with E-state index in [0.717, 1.165) is 19.3 Å². The lowest BCUT2D eigenvalue weighted by molar-refractivity contribution is -0.370. The van der Waals surface area contributed by atoms with Gasteiger partial charge in [-0.1, -0.05) is 13.8 Å². The van der Waals surface area contributed by atoms with E-state index in [1.54, 1.807) is 0 Å². The predicted octanol–water partition coefficient (Wildman–Crippen LogP) is 5.75. The highest BCUT2D eigenvalue weighted by atomic mass is 19.4. The van der Waals surface area contributed by atoms with E-state index in [4.69, 9.17) is 4.74 Å². The number of hydrogen-bond donors (Lipinski definition) is 2. The SMILES string of the molecule is CC1C2CC(CC2C(C)(C)O)C1[C@H]1C(C)C2CC(C(=O)OCCCC(O)(C(F)(F)F)C(F)(F)F)C1C2. The van der Waals surface area contributed by atoms with E-state index in [1.165, 1.54) is 0 Å². The van der Waals surface area contributed by atoms with Crippen molar-refractivity contribution in [3.63, 3.8) is 0 Å². The molecule has 0 aromatic rings. The standard InChI is InChI=1S/C26H38F6O4/c1-12-14-8-17(21(12)20-13(2)16-10-15(20)11-19(16)23(3,4)34)18(9-14)22(33)36-7-5-6-24(35,25(27,28)29)26(30,31)32/h12-21,34-35H,5-11H2,1-4H3/t12?,13?,14?,15?,16?,17?,18?,19?,20?,21-/m0/s1. The van der Waals surface area contributed by atoms with Gasteiger partial charge in [-0.2, -0.15) is 26.3 Å². The number of halogens is 6. The van der Waals surface area contributed by atoms with Gasteiger partial charge in [-0.25, -0.2) is 0 Å². The lowest BCUT2D eigenvalue weighted by Crippen LogP contribution is -2.56. The molecule has 0 aromatic carbocycles. The molecule has 9 unspecified atom stereocenters. The van der Waals surface area contributed by atoms with Crippen LogP contribution >= 0.6 is 0 Å². The third-order valence-corrected chi connectivity index (χ3v) is 10.5. The number of aliphatic hydroxyl groups is 2. The van der Waals surface area contributed by atoms with Gasteiger partial charge in [0.1, 0.15) is 0 Å². The van der Waals surface area contributed by atoms with Gasteiger partial charge in [0.05, 0.1) is 18.1 Å². The van der Waals surface area contributed by atoms with Crippen molar-refractivity contribution in [2.45, 2.75) is 89.8 Å². The van der Waals surface area contributed by atoms with Crippen molar-refractivity contribution in [3.05, 3.63) is 0 Å². The molecular weight excluding hydrogens is 490 g/mol. The van der Waals surface area contributed by atoms with Gasteiger partial charge in [0, 0.05) is 0 Å². The Kier molecular flexibility index (Phi) is 7.02. The average Bonchev–Trinajstić information content (AvgIpc) is 3.48. The summed E-state index contributed by atoms with van der Waals surface area (Å²) < 4.78 is 82.3. The molecule has 4 aliphatic carbocycles. The molecule has 4 aliphatic rings. The van der Waals surface area contributed by atoms with Crippen LogP contribution in [0.25, 0.3) is 0 Å². The Bertz CT molecular complexity index is 818. The van der Waals surface area contributed by atoms with Gasteiger partial charge in [-0.3, -0.25) is 4.79 Å². The van der Waals surface area contributed by atoms with E-state index in [0.29, 0.717) is 47.8 Å². The summed E-state index contributed by atoms with van der Waals surface area (Å²) >= 11 is 0. The molecule has 208 valence electrons. The highest BCUT2D eigenvalue weighted by Gasteiger charge is 2.69. The minimum absolute atomic E-state index is 0.104. The first-order valence-electron chi connectivity index (χ1n) is 13.1. The van der Waals surface area contributed by atoms with Gasteiger partial charge >= 0.3 is 18.3 Å². The van der Waals surface area contributed by atoms with Crippen LogP contribution in [0.1, 0.15) is 66.2 Å². The summed E-state index contributed by atoms with van der Waals surface area (Å²) in [7, 11) is 0. The van der Waals surface area contributed by atoms with Crippen LogP contribution in [-0.4, -0.2) is 46.3 Å². The van der Waals surface area contributed by atoms with E-state index < -0.39 is 54.9 Å². The van der Waals surface area contributed by atoms with Gasteiger partial charge in [0.25, 0.3) is 5.60 Å². The smallest absolute Gasteiger partial charge is 0.426 e. The third-order valence-electron chi connectivity index (χ3n) is 10.5. The number of hydrogen-bond acceptors (Lipinski definition) is 4. The van der Waals surface area contributed by atoms with Crippen LogP contribution in [0.4, 0.5) is 26.3 Å². The van der Waals surface area contributed by atoms with Crippen LogP contribution in [0.15, 0.2) is 0 Å². The zero-order chi connectivity index (χ0) is 27.0. The Morgan fingerprint density at radius 3 is 1.92 bits per heavy atom.